The number of carbonyl (C=O) groups is 2. The average molecular weight is 263 g/mol. The highest BCUT2D eigenvalue weighted by Gasteiger charge is 2.10. The van der Waals surface area contributed by atoms with E-state index in [1.807, 2.05) is 26.0 Å². The van der Waals surface area contributed by atoms with Gasteiger partial charge in [0.1, 0.15) is 0 Å². The Bertz CT molecular complexity index is 429. The molecule has 4 N–H and O–H groups in total. The summed E-state index contributed by atoms with van der Waals surface area (Å²) in [5.74, 6) is -0.203. The summed E-state index contributed by atoms with van der Waals surface area (Å²) >= 11 is 0. The van der Waals surface area contributed by atoms with Crippen LogP contribution in [0.3, 0.4) is 0 Å². The van der Waals surface area contributed by atoms with Crippen LogP contribution < -0.4 is 16.4 Å². The van der Waals surface area contributed by atoms with Crippen molar-refractivity contribution in [1.29, 1.82) is 0 Å². The van der Waals surface area contributed by atoms with E-state index < -0.39 is 6.04 Å². The number of rotatable bonds is 6. The Morgan fingerprint density at radius 2 is 1.84 bits per heavy atom. The van der Waals surface area contributed by atoms with Crippen molar-refractivity contribution in [2.75, 3.05) is 11.9 Å². The fourth-order valence-electron chi connectivity index (χ4n) is 1.57. The molecule has 1 rings (SSSR count). The van der Waals surface area contributed by atoms with E-state index in [2.05, 4.69) is 10.6 Å². The third-order valence-electron chi connectivity index (χ3n) is 2.74. The minimum absolute atomic E-state index is 0.00714. The third-order valence-corrected chi connectivity index (χ3v) is 2.74. The molecule has 0 fully saturated rings. The second kappa shape index (κ2) is 7.53. The van der Waals surface area contributed by atoms with Gasteiger partial charge in [-0.15, -0.1) is 0 Å². The summed E-state index contributed by atoms with van der Waals surface area (Å²) in [5, 5.41) is 5.47. The van der Waals surface area contributed by atoms with E-state index in [1.54, 1.807) is 12.1 Å². The molecule has 5 heteroatoms. The number of nitrogens with two attached hydrogens (primary N) is 1. The van der Waals surface area contributed by atoms with Crippen LogP contribution in [0.15, 0.2) is 24.3 Å². The number of carbonyl (C=O) groups excluding carboxylic acids is 2. The van der Waals surface area contributed by atoms with Crippen molar-refractivity contribution in [3.63, 3.8) is 0 Å². The number of anilines is 1. The number of benzene rings is 1. The number of amides is 2. The predicted molar refractivity (Wildman–Crippen MR) is 75.7 cm³/mol. The zero-order valence-corrected chi connectivity index (χ0v) is 11.4. The smallest absolute Gasteiger partial charge is 0.241 e. The summed E-state index contributed by atoms with van der Waals surface area (Å²) in [5.41, 5.74) is 7.22. The first kappa shape index (κ1) is 15.2. The van der Waals surface area contributed by atoms with Crippen molar-refractivity contribution in [2.45, 2.75) is 32.7 Å². The van der Waals surface area contributed by atoms with Crippen LogP contribution in [0.5, 0.6) is 0 Å². The molecule has 0 saturated carbocycles. The molecule has 5 nitrogen and oxygen atoms in total. The Labute approximate surface area is 113 Å². The van der Waals surface area contributed by atoms with Crippen LogP contribution in [-0.4, -0.2) is 24.4 Å². The standard InChI is InChI=1S/C14H21N3O2/c1-3-12(15)14(19)17-11-7-5-10(6-8-11)9-13(18)16-4-2/h5-8,12H,3-4,9,15H2,1-2H3,(H,16,18)(H,17,19). The molecule has 0 heterocycles. The fraction of sp³-hybridized carbons (Fsp3) is 0.429. The van der Waals surface area contributed by atoms with Gasteiger partial charge in [0.2, 0.25) is 11.8 Å². The van der Waals surface area contributed by atoms with Crippen LogP contribution in [-0.2, 0) is 16.0 Å². The third kappa shape index (κ3) is 5.09. The first-order chi connectivity index (χ1) is 9.06. The Morgan fingerprint density at radius 1 is 1.21 bits per heavy atom. The maximum absolute atomic E-state index is 11.6. The molecule has 1 aromatic rings. The topological polar surface area (TPSA) is 84.2 Å². The monoisotopic (exact) mass is 263 g/mol. The lowest BCUT2D eigenvalue weighted by molar-refractivity contribution is -0.120. The first-order valence-electron chi connectivity index (χ1n) is 6.48. The van der Waals surface area contributed by atoms with Crippen molar-refractivity contribution in [2.24, 2.45) is 5.73 Å². The summed E-state index contributed by atoms with van der Waals surface area (Å²) in [6.07, 6.45) is 0.942. The van der Waals surface area contributed by atoms with E-state index in [0.717, 1.165) is 5.56 Å². The minimum atomic E-state index is -0.491. The van der Waals surface area contributed by atoms with Crippen LogP contribution in [0, 0.1) is 0 Å². The quantitative estimate of drug-likeness (QED) is 0.717. The van der Waals surface area contributed by atoms with E-state index in [1.165, 1.54) is 0 Å². The summed E-state index contributed by atoms with van der Waals surface area (Å²) in [6.45, 7) is 4.37. The van der Waals surface area contributed by atoms with Gasteiger partial charge in [-0.1, -0.05) is 19.1 Å². The van der Waals surface area contributed by atoms with E-state index >= 15 is 0 Å². The Balaban J connectivity index is 2.56. The SMILES string of the molecule is CCNC(=O)Cc1ccc(NC(=O)C(N)CC)cc1. The molecule has 0 bridgehead atoms. The highest BCUT2D eigenvalue weighted by atomic mass is 16.2. The van der Waals surface area contributed by atoms with Gasteiger partial charge in [-0.2, -0.15) is 0 Å². The number of nitrogens with one attached hydrogen (secondary N) is 2. The lowest BCUT2D eigenvalue weighted by atomic mass is 10.1. The van der Waals surface area contributed by atoms with Gasteiger partial charge in [0, 0.05) is 12.2 Å². The van der Waals surface area contributed by atoms with Gasteiger partial charge < -0.3 is 16.4 Å². The van der Waals surface area contributed by atoms with Gasteiger partial charge in [0.05, 0.1) is 12.5 Å². The summed E-state index contributed by atoms with van der Waals surface area (Å²) in [6, 6.07) is 6.70. The lowest BCUT2D eigenvalue weighted by Gasteiger charge is -2.10. The number of hydrogen-bond donors (Lipinski definition) is 3. The van der Waals surface area contributed by atoms with Crippen LogP contribution in [0.2, 0.25) is 0 Å². The van der Waals surface area contributed by atoms with E-state index in [4.69, 9.17) is 5.73 Å². The fourth-order valence-corrected chi connectivity index (χ4v) is 1.57. The normalized spacial score (nSPS) is 11.7. The predicted octanol–water partition coefficient (Wildman–Crippen LogP) is 1.04. The highest BCUT2D eigenvalue weighted by molar-refractivity contribution is 5.94. The van der Waals surface area contributed by atoms with Gasteiger partial charge >= 0.3 is 0 Å². The molecule has 1 aromatic carbocycles. The second-order valence-corrected chi connectivity index (χ2v) is 4.33. The van der Waals surface area contributed by atoms with Gasteiger partial charge in [-0.3, -0.25) is 9.59 Å². The maximum atomic E-state index is 11.6. The molecule has 0 aromatic heterocycles. The second-order valence-electron chi connectivity index (χ2n) is 4.33. The molecular weight excluding hydrogens is 242 g/mol. The molecule has 0 saturated heterocycles. The Morgan fingerprint density at radius 3 is 2.37 bits per heavy atom. The zero-order valence-electron chi connectivity index (χ0n) is 11.4. The van der Waals surface area contributed by atoms with E-state index in [9.17, 15) is 9.59 Å². The zero-order chi connectivity index (χ0) is 14.3. The van der Waals surface area contributed by atoms with Gasteiger partial charge in [-0.25, -0.2) is 0 Å². The largest absolute Gasteiger partial charge is 0.356 e. The van der Waals surface area contributed by atoms with Gasteiger partial charge in [0.15, 0.2) is 0 Å². The van der Waals surface area contributed by atoms with Crippen molar-refractivity contribution >= 4 is 17.5 Å². The summed E-state index contributed by atoms with van der Waals surface area (Å²) < 4.78 is 0. The molecule has 19 heavy (non-hydrogen) atoms. The molecule has 2 amide bonds. The van der Waals surface area contributed by atoms with Crippen LogP contribution in [0.25, 0.3) is 0 Å². The molecule has 0 radical (unpaired) electrons. The Kier molecular flexibility index (Phi) is 6.02. The molecule has 0 aliphatic heterocycles. The lowest BCUT2D eigenvalue weighted by Crippen LogP contribution is -2.34. The summed E-state index contributed by atoms with van der Waals surface area (Å²) in [7, 11) is 0. The van der Waals surface area contributed by atoms with Crippen molar-refractivity contribution in [3.8, 4) is 0 Å². The van der Waals surface area contributed by atoms with Crippen LogP contribution in [0.1, 0.15) is 25.8 Å². The van der Waals surface area contributed by atoms with Gasteiger partial charge in [-0.05, 0) is 31.0 Å². The van der Waals surface area contributed by atoms with Crippen LogP contribution >= 0.6 is 0 Å². The molecule has 1 atom stereocenters. The molecule has 104 valence electrons. The van der Waals surface area contributed by atoms with Crippen molar-refractivity contribution < 1.29 is 9.59 Å². The minimum Gasteiger partial charge on any atom is -0.356 e. The van der Waals surface area contributed by atoms with E-state index in [-0.39, 0.29) is 11.8 Å². The number of likely N-dealkylation sites (N-methyl/N-ethyl adjacent to an activating group) is 1. The highest BCUT2D eigenvalue weighted by Crippen LogP contribution is 2.10. The Hall–Kier alpha value is -1.88. The molecular formula is C14H21N3O2. The van der Waals surface area contributed by atoms with Crippen LogP contribution in [0.4, 0.5) is 5.69 Å². The molecule has 0 aliphatic carbocycles. The first-order valence-corrected chi connectivity index (χ1v) is 6.48. The van der Waals surface area contributed by atoms with Crippen molar-refractivity contribution in [1.82, 2.24) is 5.32 Å². The van der Waals surface area contributed by atoms with Crippen molar-refractivity contribution in [3.05, 3.63) is 29.8 Å². The molecule has 0 spiro atoms. The molecule has 0 aliphatic rings. The summed E-state index contributed by atoms with van der Waals surface area (Å²) in [4.78, 5) is 23.0. The van der Waals surface area contributed by atoms with Gasteiger partial charge in [0.25, 0.3) is 0 Å². The molecule has 1 unspecified atom stereocenters. The maximum Gasteiger partial charge on any atom is 0.241 e. The van der Waals surface area contributed by atoms with E-state index in [0.29, 0.717) is 25.1 Å². The number of hydrogen-bond acceptors (Lipinski definition) is 3. The average Bonchev–Trinajstić information content (AvgIpc) is 2.40.